The van der Waals surface area contributed by atoms with Crippen LogP contribution in [0.15, 0.2) is 84.9 Å². The minimum Gasteiger partial charge on any atom is -0.459 e. The Morgan fingerprint density at radius 1 is 0.833 bits per heavy atom. The largest absolute Gasteiger partial charge is 0.459 e. The molecule has 0 spiro atoms. The fourth-order valence-electron chi connectivity index (χ4n) is 4.56. The maximum absolute atomic E-state index is 5.95. The second-order valence-electron chi connectivity index (χ2n) is 7.63. The third kappa shape index (κ3) is 2.17. The van der Waals surface area contributed by atoms with Crippen LogP contribution in [0.4, 0.5) is 0 Å². The predicted molar refractivity (Wildman–Crippen MR) is 124 cm³/mol. The van der Waals surface area contributed by atoms with Crippen molar-refractivity contribution in [2.45, 2.75) is 6.61 Å². The maximum atomic E-state index is 5.95. The van der Waals surface area contributed by atoms with Crippen molar-refractivity contribution in [3.05, 3.63) is 90.5 Å². The zero-order valence-electron chi connectivity index (χ0n) is 16.0. The van der Waals surface area contributed by atoms with Gasteiger partial charge in [-0.3, -0.25) is 4.57 Å². The summed E-state index contributed by atoms with van der Waals surface area (Å²) in [6.45, 7) is 0.562. The van der Waals surface area contributed by atoms with E-state index in [2.05, 4.69) is 89.5 Å². The average molecular weight is 404 g/mol. The molecule has 6 aromatic rings. The summed E-state index contributed by atoms with van der Waals surface area (Å²) in [5, 5.41) is 2.64. The number of para-hydroxylation sites is 1. The van der Waals surface area contributed by atoms with Crippen molar-refractivity contribution in [2.24, 2.45) is 0 Å². The van der Waals surface area contributed by atoms with Gasteiger partial charge in [-0.05, 0) is 41.5 Å². The molecule has 0 amide bonds. The summed E-state index contributed by atoms with van der Waals surface area (Å²) in [7, 11) is 0. The molecule has 0 unspecified atom stereocenters. The topological polar surface area (TPSA) is 27.1 Å². The van der Waals surface area contributed by atoms with Gasteiger partial charge < -0.3 is 4.74 Å². The number of nitrogens with zero attached hydrogens (tertiary/aromatic N) is 2. The van der Waals surface area contributed by atoms with E-state index in [0.29, 0.717) is 12.6 Å². The number of hydrogen-bond acceptors (Lipinski definition) is 3. The first-order valence-electron chi connectivity index (χ1n) is 10.0. The zero-order valence-corrected chi connectivity index (χ0v) is 16.8. The number of benzene rings is 4. The highest BCUT2D eigenvalue weighted by Crippen LogP contribution is 2.41. The third-order valence-corrected chi connectivity index (χ3v) is 7.06. The Morgan fingerprint density at radius 3 is 2.70 bits per heavy atom. The number of ether oxygens (including phenoxy) is 1. The molecule has 3 heterocycles. The van der Waals surface area contributed by atoms with E-state index in [0.717, 1.165) is 16.7 Å². The van der Waals surface area contributed by atoms with Gasteiger partial charge in [0, 0.05) is 25.7 Å². The zero-order chi connectivity index (χ0) is 19.7. The standard InChI is InChI=1S/C26H16N2OS/c1-3-9-21-17(6-1)15-29-26-27-20-14-16(12-13-22(20)28(21)26)18-8-5-11-24-25(18)19-7-2-4-10-23(19)30-24/h1-14H,15H2. The summed E-state index contributed by atoms with van der Waals surface area (Å²) in [6, 6.07) is 30.8. The molecular weight excluding hydrogens is 388 g/mol. The fourth-order valence-corrected chi connectivity index (χ4v) is 5.70. The highest BCUT2D eigenvalue weighted by Gasteiger charge is 2.21. The molecule has 0 atom stereocenters. The van der Waals surface area contributed by atoms with E-state index < -0.39 is 0 Å². The Labute approximate surface area is 176 Å². The van der Waals surface area contributed by atoms with Gasteiger partial charge in [0.05, 0.1) is 16.7 Å². The smallest absolute Gasteiger partial charge is 0.302 e. The summed E-state index contributed by atoms with van der Waals surface area (Å²) >= 11 is 1.85. The summed E-state index contributed by atoms with van der Waals surface area (Å²) in [6.07, 6.45) is 0. The lowest BCUT2D eigenvalue weighted by Crippen LogP contribution is -2.11. The maximum Gasteiger partial charge on any atom is 0.302 e. The summed E-state index contributed by atoms with van der Waals surface area (Å²) in [4.78, 5) is 4.81. The van der Waals surface area contributed by atoms with Crippen LogP contribution in [0.5, 0.6) is 6.01 Å². The van der Waals surface area contributed by atoms with Gasteiger partial charge in [0.1, 0.15) is 6.61 Å². The highest BCUT2D eigenvalue weighted by atomic mass is 32.1. The van der Waals surface area contributed by atoms with Gasteiger partial charge in [0.25, 0.3) is 0 Å². The molecule has 2 aromatic heterocycles. The van der Waals surface area contributed by atoms with Crippen LogP contribution in [0.25, 0.3) is 48.0 Å². The van der Waals surface area contributed by atoms with E-state index in [1.807, 2.05) is 11.3 Å². The van der Waals surface area contributed by atoms with Crippen molar-refractivity contribution < 1.29 is 4.74 Å². The molecule has 0 N–H and O–H groups in total. The first kappa shape index (κ1) is 16.2. The van der Waals surface area contributed by atoms with Gasteiger partial charge in [0.15, 0.2) is 0 Å². The molecule has 1 aliphatic heterocycles. The van der Waals surface area contributed by atoms with Gasteiger partial charge in [-0.1, -0.05) is 54.6 Å². The molecule has 0 saturated heterocycles. The summed E-state index contributed by atoms with van der Waals surface area (Å²) in [5.41, 5.74) is 6.79. The minimum atomic E-state index is 0.562. The number of imidazole rings is 1. The second kappa shape index (κ2) is 5.94. The number of rotatable bonds is 1. The molecular formula is C26H16N2OS. The molecule has 0 aliphatic carbocycles. The van der Waals surface area contributed by atoms with E-state index in [4.69, 9.17) is 9.72 Å². The number of fused-ring (bicyclic) bond motifs is 8. The van der Waals surface area contributed by atoms with E-state index in [1.54, 1.807) is 0 Å². The molecule has 0 bridgehead atoms. The van der Waals surface area contributed by atoms with Crippen molar-refractivity contribution >= 4 is 42.5 Å². The first-order chi connectivity index (χ1) is 14.9. The Morgan fingerprint density at radius 2 is 1.70 bits per heavy atom. The van der Waals surface area contributed by atoms with Crippen molar-refractivity contribution in [3.63, 3.8) is 0 Å². The van der Waals surface area contributed by atoms with E-state index in [1.165, 1.54) is 36.9 Å². The lowest BCUT2D eigenvalue weighted by atomic mass is 9.99. The molecule has 0 fully saturated rings. The Bertz CT molecular complexity index is 1610. The van der Waals surface area contributed by atoms with Crippen LogP contribution in [0, 0.1) is 0 Å². The van der Waals surface area contributed by atoms with Crippen LogP contribution in [0.1, 0.15) is 5.56 Å². The van der Waals surface area contributed by atoms with Gasteiger partial charge in [-0.15, -0.1) is 11.3 Å². The van der Waals surface area contributed by atoms with Crippen LogP contribution in [-0.2, 0) is 6.61 Å². The third-order valence-electron chi connectivity index (χ3n) is 5.93. The van der Waals surface area contributed by atoms with Gasteiger partial charge in [-0.2, -0.15) is 4.98 Å². The Kier molecular flexibility index (Phi) is 3.21. The minimum absolute atomic E-state index is 0.562. The van der Waals surface area contributed by atoms with E-state index >= 15 is 0 Å². The second-order valence-corrected chi connectivity index (χ2v) is 8.71. The first-order valence-corrected chi connectivity index (χ1v) is 10.8. The summed E-state index contributed by atoms with van der Waals surface area (Å²) in [5.74, 6) is 0. The number of thiophene rings is 1. The molecule has 0 radical (unpaired) electrons. The Hall–Kier alpha value is -3.63. The van der Waals surface area contributed by atoms with Crippen LogP contribution in [0.3, 0.4) is 0 Å². The number of hydrogen-bond donors (Lipinski definition) is 0. The van der Waals surface area contributed by atoms with E-state index in [9.17, 15) is 0 Å². The molecule has 0 saturated carbocycles. The van der Waals surface area contributed by atoms with Gasteiger partial charge in [0.2, 0.25) is 0 Å². The molecule has 4 aromatic carbocycles. The lowest BCUT2D eigenvalue weighted by molar-refractivity contribution is 0.265. The van der Waals surface area contributed by atoms with Crippen molar-refractivity contribution in [1.82, 2.24) is 9.55 Å². The van der Waals surface area contributed by atoms with Crippen LogP contribution in [-0.4, -0.2) is 9.55 Å². The van der Waals surface area contributed by atoms with Crippen LogP contribution >= 0.6 is 11.3 Å². The monoisotopic (exact) mass is 404 g/mol. The molecule has 3 nitrogen and oxygen atoms in total. The lowest BCUT2D eigenvalue weighted by Gasteiger charge is -2.19. The van der Waals surface area contributed by atoms with Crippen molar-refractivity contribution in [1.29, 1.82) is 0 Å². The summed E-state index contributed by atoms with van der Waals surface area (Å²) < 4.78 is 10.7. The Balaban J connectivity index is 1.48. The molecule has 4 heteroatoms. The van der Waals surface area contributed by atoms with Crippen LogP contribution < -0.4 is 4.74 Å². The van der Waals surface area contributed by atoms with E-state index in [-0.39, 0.29) is 0 Å². The molecule has 30 heavy (non-hydrogen) atoms. The average Bonchev–Trinajstić information content (AvgIpc) is 3.36. The van der Waals surface area contributed by atoms with Crippen LogP contribution in [0.2, 0.25) is 0 Å². The predicted octanol–water partition coefficient (Wildman–Crippen LogP) is 6.95. The van der Waals surface area contributed by atoms with Gasteiger partial charge >= 0.3 is 6.01 Å². The SMILES string of the molecule is c1ccc2c(c1)COc1nc3cc(-c4cccc5sc6ccccc6c45)ccc3n1-2. The molecule has 1 aliphatic rings. The highest BCUT2D eigenvalue weighted by molar-refractivity contribution is 7.25. The molecule has 7 rings (SSSR count). The van der Waals surface area contributed by atoms with Gasteiger partial charge in [-0.25, -0.2) is 0 Å². The fraction of sp³-hybridized carbons (Fsp3) is 0.0385. The normalized spacial score (nSPS) is 12.8. The number of aromatic nitrogens is 2. The van der Waals surface area contributed by atoms with Crippen molar-refractivity contribution in [3.8, 4) is 22.8 Å². The quantitative estimate of drug-likeness (QED) is 0.296. The van der Waals surface area contributed by atoms with Crippen molar-refractivity contribution in [2.75, 3.05) is 0 Å². The molecule has 142 valence electrons.